The van der Waals surface area contributed by atoms with Gasteiger partial charge in [-0.15, -0.1) is 0 Å². The van der Waals surface area contributed by atoms with Crippen LogP contribution < -0.4 is 0 Å². The van der Waals surface area contributed by atoms with E-state index < -0.39 is 5.97 Å². The SMILES string of the molecule is CC(CC(=O)O)c1cc(C2CC2)n(C)n1. The number of aromatic nitrogens is 2. The van der Waals surface area contributed by atoms with Crippen molar-refractivity contribution in [2.75, 3.05) is 0 Å². The minimum atomic E-state index is -0.763. The lowest BCUT2D eigenvalue weighted by atomic mass is 10.0. The average Bonchev–Trinajstić information content (AvgIpc) is 2.89. The third kappa shape index (κ3) is 2.19. The van der Waals surface area contributed by atoms with Crippen LogP contribution in [0.15, 0.2) is 6.07 Å². The Balaban J connectivity index is 2.14. The Labute approximate surface area is 88.9 Å². The molecule has 1 aliphatic rings. The van der Waals surface area contributed by atoms with Crippen LogP contribution in [0.3, 0.4) is 0 Å². The number of hydrogen-bond donors (Lipinski definition) is 1. The van der Waals surface area contributed by atoms with E-state index in [1.54, 1.807) is 0 Å². The maximum Gasteiger partial charge on any atom is 0.304 e. The highest BCUT2D eigenvalue weighted by Crippen LogP contribution is 2.40. The molecule has 1 aliphatic carbocycles. The molecule has 1 unspecified atom stereocenters. The summed E-state index contributed by atoms with van der Waals surface area (Å²) in [6, 6.07) is 2.06. The van der Waals surface area contributed by atoms with Gasteiger partial charge in [0.05, 0.1) is 12.1 Å². The molecule has 1 N–H and O–H groups in total. The van der Waals surface area contributed by atoms with Crippen LogP contribution in [0.25, 0.3) is 0 Å². The molecule has 0 spiro atoms. The van der Waals surface area contributed by atoms with Crippen molar-refractivity contribution in [3.05, 3.63) is 17.5 Å². The molecule has 1 atom stereocenters. The van der Waals surface area contributed by atoms with Gasteiger partial charge in [0.15, 0.2) is 0 Å². The molecule has 0 saturated heterocycles. The smallest absolute Gasteiger partial charge is 0.304 e. The topological polar surface area (TPSA) is 55.1 Å². The highest BCUT2D eigenvalue weighted by atomic mass is 16.4. The van der Waals surface area contributed by atoms with Gasteiger partial charge in [0.2, 0.25) is 0 Å². The largest absolute Gasteiger partial charge is 0.481 e. The summed E-state index contributed by atoms with van der Waals surface area (Å²) in [6.45, 7) is 1.91. The van der Waals surface area contributed by atoms with Gasteiger partial charge in [-0.05, 0) is 18.9 Å². The van der Waals surface area contributed by atoms with E-state index >= 15 is 0 Å². The summed E-state index contributed by atoms with van der Waals surface area (Å²) in [4.78, 5) is 10.6. The summed E-state index contributed by atoms with van der Waals surface area (Å²) >= 11 is 0. The van der Waals surface area contributed by atoms with Gasteiger partial charge in [0.1, 0.15) is 0 Å². The molecular weight excluding hydrogens is 192 g/mol. The lowest BCUT2D eigenvalue weighted by molar-refractivity contribution is -0.137. The van der Waals surface area contributed by atoms with E-state index in [1.807, 2.05) is 18.7 Å². The third-order valence-corrected chi connectivity index (χ3v) is 2.92. The van der Waals surface area contributed by atoms with E-state index in [1.165, 1.54) is 18.5 Å². The molecule has 1 fully saturated rings. The van der Waals surface area contributed by atoms with Crippen LogP contribution in [0.5, 0.6) is 0 Å². The molecule has 15 heavy (non-hydrogen) atoms. The zero-order valence-corrected chi connectivity index (χ0v) is 9.10. The Kier molecular flexibility index (Phi) is 2.50. The van der Waals surface area contributed by atoms with E-state index in [0.29, 0.717) is 5.92 Å². The maximum absolute atomic E-state index is 10.6. The van der Waals surface area contributed by atoms with Crippen LogP contribution in [-0.4, -0.2) is 20.9 Å². The highest BCUT2D eigenvalue weighted by molar-refractivity contribution is 5.67. The first-order chi connectivity index (χ1) is 7.08. The molecule has 0 bridgehead atoms. The van der Waals surface area contributed by atoms with Gasteiger partial charge in [0, 0.05) is 24.6 Å². The molecule has 1 saturated carbocycles. The molecule has 4 heteroatoms. The van der Waals surface area contributed by atoms with Crippen molar-refractivity contribution in [3.63, 3.8) is 0 Å². The van der Waals surface area contributed by atoms with Gasteiger partial charge in [0.25, 0.3) is 0 Å². The number of hydrogen-bond acceptors (Lipinski definition) is 2. The standard InChI is InChI=1S/C11H16N2O2/c1-7(5-11(14)15)9-6-10(8-3-4-8)13(2)12-9/h6-8H,3-5H2,1-2H3,(H,14,15). The van der Waals surface area contributed by atoms with Crippen molar-refractivity contribution >= 4 is 5.97 Å². The number of nitrogens with zero attached hydrogens (tertiary/aromatic N) is 2. The summed E-state index contributed by atoms with van der Waals surface area (Å²) in [5, 5.41) is 13.1. The van der Waals surface area contributed by atoms with Crippen LogP contribution in [0, 0.1) is 0 Å². The first-order valence-electron chi connectivity index (χ1n) is 5.33. The Morgan fingerprint density at radius 2 is 2.40 bits per heavy atom. The Bertz CT molecular complexity index is 380. The third-order valence-electron chi connectivity index (χ3n) is 2.92. The number of aryl methyl sites for hydroxylation is 1. The number of carboxylic acid groups (broad SMARTS) is 1. The number of carbonyl (C=O) groups is 1. The first kappa shape index (κ1) is 10.2. The predicted octanol–water partition coefficient (Wildman–Crippen LogP) is 1.88. The minimum absolute atomic E-state index is 0.00111. The van der Waals surface area contributed by atoms with Gasteiger partial charge in [-0.1, -0.05) is 6.92 Å². The molecule has 82 valence electrons. The number of carboxylic acids is 1. The molecule has 4 nitrogen and oxygen atoms in total. The van der Waals surface area contributed by atoms with Crippen molar-refractivity contribution in [2.45, 2.75) is 38.0 Å². The lowest BCUT2D eigenvalue weighted by Gasteiger charge is -2.02. The van der Waals surface area contributed by atoms with Gasteiger partial charge < -0.3 is 5.11 Å². The zero-order valence-electron chi connectivity index (χ0n) is 9.10. The summed E-state index contributed by atoms with van der Waals surface area (Å²) in [7, 11) is 1.94. The summed E-state index contributed by atoms with van der Waals surface area (Å²) in [6.07, 6.45) is 2.64. The molecule has 1 aromatic heterocycles. The fourth-order valence-electron chi connectivity index (χ4n) is 1.87. The van der Waals surface area contributed by atoms with E-state index in [-0.39, 0.29) is 12.3 Å². The fraction of sp³-hybridized carbons (Fsp3) is 0.636. The zero-order chi connectivity index (χ0) is 11.0. The van der Waals surface area contributed by atoms with Crippen LogP contribution >= 0.6 is 0 Å². The van der Waals surface area contributed by atoms with Crippen molar-refractivity contribution in [3.8, 4) is 0 Å². The molecule has 0 amide bonds. The molecular formula is C11H16N2O2. The molecule has 2 rings (SSSR count). The minimum Gasteiger partial charge on any atom is -0.481 e. The second-order valence-corrected chi connectivity index (χ2v) is 4.39. The van der Waals surface area contributed by atoms with E-state index in [9.17, 15) is 4.79 Å². The Hall–Kier alpha value is -1.32. The summed E-state index contributed by atoms with van der Waals surface area (Å²) in [5.74, 6) is -0.101. The second-order valence-electron chi connectivity index (χ2n) is 4.39. The molecule has 1 heterocycles. The van der Waals surface area contributed by atoms with Gasteiger partial charge in [-0.2, -0.15) is 5.10 Å². The van der Waals surface area contributed by atoms with E-state index in [4.69, 9.17) is 5.11 Å². The predicted molar refractivity (Wildman–Crippen MR) is 55.9 cm³/mol. The average molecular weight is 208 g/mol. The maximum atomic E-state index is 10.6. The van der Waals surface area contributed by atoms with E-state index in [0.717, 1.165) is 5.69 Å². The number of aliphatic carboxylic acids is 1. The summed E-state index contributed by atoms with van der Waals surface area (Å²) < 4.78 is 1.89. The molecule has 1 aromatic rings. The van der Waals surface area contributed by atoms with Crippen LogP contribution in [0.4, 0.5) is 0 Å². The van der Waals surface area contributed by atoms with Gasteiger partial charge >= 0.3 is 5.97 Å². The van der Waals surface area contributed by atoms with Gasteiger partial charge in [-0.3, -0.25) is 9.48 Å². The molecule has 0 radical (unpaired) electrons. The van der Waals surface area contributed by atoms with Crippen LogP contribution in [0.2, 0.25) is 0 Å². The van der Waals surface area contributed by atoms with Crippen LogP contribution in [0.1, 0.15) is 49.4 Å². The van der Waals surface area contributed by atoms with Crippen molar-refractivity contribution in [1.82, 2.24) is 9.78 Å². The van der Waals surface area contributed by atoms with Crippen molar-refractivity contribution < 1.29 is 9.90 Å². The first-order valence-corrected chi connectivity index (χ1v) is 5.33. The Morgan fingerprint density at radius 1 is 1.73 bits per heavy atom. The van der Waals surface area contributed by atoms with Gasteiger partial charge in [-0.25, -0.2) is 0 Å². The monoisotopic (exact) mass is 208 g/mol. The highest BCUT2D eigenvalue weighted by Gasteiger charge is 2.28. The Morgan fingerprint density at radius 3 is 2.93 bits per heavy atom. The second kappa shape index (κ2) is 3.68. The lowest BCUT2D eigenvalue weighted by Crippen LogP contribution is -2.04. The molecule has 0 aliphatic heterocycles. The molecule has 0 aromatic carbocycles. The summed E-state index contributed by atoms with van der Waals surface area (Å²) in [5.41, 5.74) is 2.16. The van der Waals surface area contributed by atoms with Crippen LogP contribution in [-0.2, 0) is 11.8 Å². The van der Waals surface area contributed by atoms with Crippen molar-refractivity contribution in [1.29, 1.82) is 0 Å². The quantitative estimate of drug-likeness (QED) is 0.821. The van der Waals surface area contributed by atoms with E-state index in [2.05, 4.69) is 11.2 Å². The normalized spacial score (nSPS) is 17.7. The fourth-order valence-corrected chi connectivity index (χ4v) is 1.87. The number of rotatable bonds is 4. The van der Waals surface area contributed by atoms with Crippen molar-refractivity contribution in [2.24, 2.45) is 7.05 Å².